The molecule has 1 aromatic heterocycles. The zero-order valence-corrected chi connectivity index (χ0v) is 13.5. The van der Waals surface area contributed by atoms with Crippen LogP contribution in [0.1, 0.15) is 50.2 Å². The highest BCUT2D eigenvalue weighted by Gasteiger charge is 2.48. The SMILES string of the molecule is Cc1ccc(C(C)NC(=O)CN2C(=O)C3CCCCC3C2=O)o1. The highest BCUT2D eigenvalue weighted by Crippen LogP contribution is 2.37. The van der Waals surface area contributed by atoms with Gasteiger partial charge in [0, 0.05) is 0 Å². The second-order valence-corrected chi connectivity index (χ2v) is 6.50. The van der Waals surface area contributed by atoms with Crippen LogP contribution >= 0.6 is 0 Å². The summed E-state index contributed by atoms with van der Waals surface area (Å²) in [6, 6.07) is 3.34. The van der Waals surface area contributed by atoms with Crippen molar-refractivity contribution in [3.05, 3.63) is 23.7 Å². The third-order valence-corrected chi connectivity index (χ3v) is 4.80. The number of nitrogens with zero attached hydrogens (tertiary/aromatic N) is 1. The van der Waals surface area contributed by atoms with Crippen LogP contribution in [-0.2, 0) is 14.4 Å². The molecule has 23 heavy (non-hydrogen) atoms. The summed E-state index contributed by atoms with van der Waals surface area (Å²) < 4.78 is 5.47. The van der Waals surface area contributed by atoms with Crippen LogP contribution in [0.15, 0.2) is 16.5 Å². The molecule has 6 nitrogen and oxygen atoms in total. The van der Waals surface area contributed by atoms with Crippen LogP contribution in [-0.4, -0.2) is 29.2 Å². The van der Waals surface area contributed by atoms with Crippen molar-refractivity contribution in [1.29, 1.82) is 0 Å². The number of amides is 3. The molecule has 0 radical (unpaired) electrons. The minimum atomic E-state index is -0.341. The van der Waals surface area contributed by atoms with E-state index in [-0.39, 0.29) is 42.1 Å². The number of aryl methyl sites for hydroxylation is 1. The Morgan fingerprint density at radius 3 is 2.39 bits per heavy atom. The highest BCUT2D eigenvalue weighted by molar-refractivity contribution is 6.07. The Morgan fingerprint density at radius 1 is 1.26 bits per heavy atom. The summed E-state index contributed by atoms with van der Waals surface area (Å²) in [7, 11) is 0. The maximum absolute atomic E-state index is 12.4. The molecule has 3 unspecified atom stereocenters. The van der Waals surface area contributed by atoms with E-state index in [0.717, 1.165) is 36.3 Å². The van der Waals surface area contributed by atoms with Gasteiger partial charge in [0.05, 0.1) is 17.9 Å². The standard InChI is InChI=1S/C17H22N2O4/c1-10-7-8-14(23-10)11(2)18-15(20)9-19-16(21)12-5-3-4-6-13(12)17(19)22/h7-8,11-13H,3-6,9H2,1-2H3,(H,18,20). The molecule has 1 aliphatic heterocycles. The molecular formula is C17H22N2O4. The summed E-state index contributed by atoms with van der Waals surface area (Å²) in [6.45, 7) is 3.44. The number of nitrogens with one attached hydrogen (secondary N) is 1. The Bertz CT molecular complexity index is 612. The first kappa shape index (κ1) is 15.8. The molecule has 124 valence electrons. The van der Waals surface area contributed by atoms with E-state index in [9.17, 15) is 14.4 Å². The van der Waals surface area contributed by atoms with E-state index in [1.165, 1.54) is 0 Å². The first-order valence-electron chi connectivity index (χ1n) is 8.18. The average molecular weight is 318 g/mol. The molecule has 0 aromatic carbocycles. The quantitative estimate of drug-likeness (QED) is 0.860. The fourth-order valence-electron chi connectivity index (χ4n) is 3.57. The number of furan rings is 1. The second-order valence-electron chi connectivity index (χ2n) is 6.50. The van der Waals surface area contributed by atoms with Gasteiger partial charge in [-0.3, -0.25) is 19.3 Å². The maximum Gasteiger partial charge on any atom is 0.240 e. The fraction of sp³-hybridized carbons (Fsp3) is 0.588. The zero-order valence-electron chi connectivity index (χ0n) is 13.5. The number of rotatable bonds is 4. The number of likely N-dealkylation sites (tertiary alicyclic amines) is 1. The lowest BCUT2D eigenvalue weighted by Crippen LogP contribution is -2.41. The summed E-state index contributed by atoms with van der Waals surface area (Å²) in [6.07, 6.45) is 3.48. The Labute approximate surface area is 135 Å². The number of hydrogen-bond donors (Lipinski definition) is 1. The first-order chi connectivity index (χ1) is 11.0. The minimum Gasteiger partial charge on any atom is -0.464 e. The van der Waals surface area contributed by atoms with Gasteiger partial charge in [-0.15, -0.1) is 0 Å². The fourth-order valence-corrected chi connectivity index (χ4v) is 3.57. The highest BCUT2D eigenvalue weighted by atomic mass is 16.3. The molecule has 2 aliphatic rings. The molecule has 2 fully saturated rings. The van der Waals surface area contributed by atoms with Gasteiger partial charge in [-0.05, 0) is 38.8 Å². The third-order valence-electron chi connectivity index (χ3n) is 4.80. The van der Waals surface area contributed by atoms with Crippen molar-refractivity contribution in [2.45, 2.75) is 45.6 Å². The van der Waals surface area contributed by atoms with Gasteiger partial charge in [0.2, 0.25) is 17.7 Å². The minimum absolute atomic E-state index is 0.184. The van der Waals surface area contributed by atoms with E-state index < -0.39 is 0 Å². The summed E-state index contributed by atoms with van der Waals surface area (Å²) >= 11 is 0. The molecular weight excluding hydrogens is 296 g/mol. The molecule has 6 heteroatoms. The molecule has 2 heterocycles. The van der Waals surface area contributed by atoms with Gasteiger partial charge < -0.3 is 9.73 Å². The van der Waals surface area contributed by atoms with Crippen LogP contribution in [0, 0.1) is 18.8 Å². The smallest absolute Gasteiger partial charge is 0.240 e. The van der Waals surface area contributed by atoms with Gasteiger partial charge in [-0.25, -0.2) is 0 Å². The van der Waals surface area contributed by atoms with Crippen molar-refractivity contribution in [1.82, 2.24) is 10.2 Å². The number of fused-ring (bicyclic) bond motifs is 1. The average Bonchev–Trinajstić information content (AvgIpc) is 3.06. The molecule has 0 spiro atoms. The first-order valence-corrected chi connectivity index (χ1v) is 8.18. The van der Waals surface area contributed by atoms with E-state index in [0.29, 0.717) is 5.76 Å². The predicted molar refractivity (Wildman–Crippen MR) is 82.2 cm³/mol. The van der Waals surface area contributed by atoms with E-state index >= 15 is 0 Å². The van der Waals surface area contributed by atoms with Gasteiger partial charge in [0.25, 0.3) is 0 Å². The Hall–Kier alpha value is -2.11. The third kappa shape index (κ3) is 3.02. The second kappa shape index (κ2) is 6.18. The zero-order chi connectivity index (χ0) is 16.6. The summed E-state index contributed by atoms with van der Waals surface area (Å²) in [5, 5.41) is 2.78. The number of carbonyl (C=O) groups excluding carboxylic acids is 3. The molecule has 1 aromatic rings. The monoisotopic (exact) mass is 318 g/mol. The molecule has 3 rings (SSSR count). The van der Waals surface area contributed by atoms with Crippen molar-refractivity contribution in [3.63, 3.8) is 0 Å². The van der Waals surface area contributed by atoms with Crippen molar-refractivity contribution in [2.24, 2.45) is 11.8 Å². The van der Waals surface area contributed by atoms with Crippen LogP contribution in [0.5, 0.6) is 0 Å². The Balaban J connectivity index is 1.61. The lowest BCUT2D eigenvalue weighted by molar-refractivity contribution is -0.143. The lowest BCUT2D eigenvalue weighted by Gasteiger charge is -2.19. The summed E-state index contributed by atoms with van der Waals surface area (Å²) in [5.74, 6) is 0.293. The summed E-state index contributed by atoms with van der Waals surface area (Å²) in [5.41, 5.74) is 0. The van der Waals surface area contributed by atoms with Gasteiger partial charge in [-0.2, -0.15) is 0 Å². The molecule has 1 N–H and O–H groups in total. The molecule has 3 amide bonds. The van der Waals surface area contributed by atoms with Crippen LogP contribution in [0.25, 0.3) is 0 Å². The van der Waals surface area contributed by atoms with Gasteiger partial charge in [0.1, 0.15) is 18.1 Å². The summed E-state index contributed by atoms with van der Waals surface area (Å²) in [4.78, 5) is 38.0. The van der Waals surface area contributed by atoms with Crippen LogP contribution in [0.3, 0.4) is 0 Å². The van der Waals surface area contributed by atoms with E-state index in [1.807, 2.05) is 19.9 Å². The molecule has 1 aliphatic carbocycles. The van der Waals surface area contributed by atoms with Crippen LogP contribution in [0.2, 0.25) is 0 Å². The van der Waals surface area contributed by atoms with E-state index in [2.05, 4.69) is 5.32 Å². The number of imide groups is 1. The Morgan fingerprint density at radius 2 is 1.87 bits per heavy atom. The van der Waals surface area contributed by atoms with Crippen LogP contribution in [0.4, 0.5) is 0 Å². The van der Waals surface area contributed by atoms with E-state index in [4.69, 9.17) is 4.42 Å². The topological polar surface area (TPSA) is 79.6 Å². The number of hydrogen-bond acceptors (Lipinski definition) is 4. The van der Waals surface area contributed by atoms with Crippen molar-refractivity contribution >= 4 is 17.7 Å². The molecule has 3 atom stereocenters. The van der Waals surface area contributed by atoms with Crippen molar-refractivity contribution in [2.75, 3.05) is 6.54 Å². The van der Waals surface area contributed by atoms with Gasteiger partial charge in [0.15, 0.2) is 0 Å². The number of carbonyl (C=O) groups is 3. The van der Waals surface area contributed by atoms with Crippen LogP contribution < -0.4 is 5.32 Å². The normalized spacial score (nSPS) is 25.4. The Kier molecular flexibility index (Phi) is 4.24. The van der Waals surface area contributed by atoms with Gasteiger partial charge >= 0.3 is 0 Å². The van der Waals surface area contributed by atoms with Gasteiger partial charge in [-0.1, -0.05) is 12.8 Å². The van der Waals surface area contributed by atoms with Crippen molar-refractivity contribution in [3.8, 4) is 0 Å². The molecule has 1 saturated heterocycles. The molecule has 1 saturated carbocycles. The maximum atomic E-state index is 12.4. The van der Waals surface area contributed by atoms with Crippen molar-refractivity contribution < 1.29 is 18.8 Å². The largest absolute Gasteiger partial charge is 0.464 e. The molecule has 0 bridgehead atoms. The predicted octanol–water partition coefficient (Wildman–Crippen LogP) is 1.94. The lowest BCUT2D eigenvalue weighted by atomic mass is 9.81. The van der Waals surface area contributed by atoms with E-state index in [1.54, 1.807) is 6.07 Å².